The van der Waals surface area contributed by atoms with Crippen molar-refractivity contribution in [3.05, 3.63) is 46.7 Å². The number of urea groups is 1. The molecule has 0 radical (unpaired) electrons. The van der Waals surface area contributed by atoms with E-state index in [-0.39, 0.29) is 31.6 Å². The van der Waals surface area contributed by atoms with Crippen LogP contribution < -0.4 is 0 Å². The van der Waals surface area contributed by atoms with Crippen LogP contribution in [0.15, 0.2) is 41.2 Å². The lowest BCUT2D eigenvalue weighted by molar-refractivity contribution is -0.143. The minimum atomic E-state index is -0.702. The van der Waals surface area contributed by atoms with Gasteiger partial charge in [0.1, 0.15) is 6.54 Å². The Morgan fingerprint density at radius 2 is 1.97 bits per heavy atom. The molecule has 3 aliphatic rings. The van der Waals surface area contributed by atoms with Gasteiger partial charge in [0.15, 0.2) is 12.2 Å². The molecular formula is C20H22ClN5O4. The maximum absolute atomic E-state index is 13.3. The average molecular weight is 432 g/mol. The predicted octanol–water partition coefficient (Wildman–Crippen LogP) is 1.84. The maximum atomic E-state index is 13.3. The van der Waals surface area contributed by atoms with Crippen LogP contribution in [0.5, 0.6) is 0 Å². The van der Waals surface area contributed by atoms with Crippen molar-refractivity contribution in [3.8, 4) is 0 Å². The number of ether oxygens (including phenoxy) is 1. The Morgan fingerprint density at radius 3 is 2.67 bits per heavy atom. The largest absolute Gasteiger partial charge is 0.465 e. The summed E-state index contributed by atoms with van der Waals surface area (Å²) in [5, 5.41) is 0.490. The summed E-state index contributed by atoms with van der Waals surface area (Å²) in [5.41, 5.74) is 1.45. The maximum Gasteiger partial charge on any atom is 0.328 e. The smallest absolute Gasteiger partial charge is 0.328 e. The van der Waals surface area contributed by atoms with Crippen LogP contribution in [0.1, 0.15) is 19.4 Å². The Labute approximate surface area is 179 Å². The van der Waals surface area contributed by atoms with Gasteiger partial charge in [0.05, 0.1) is 13.2 Å². The number of likely N-dealkylation sites (N-methyl/N-ethyl adjacent to an activating group) is 1. The van der Waals surface area contributed by atoms with Gasteiger partial charge in [0.2, 0.25) is 5.96 Å². The van der Waals surface area contributed by atoms with Gasteiger partial charge in [0, 0.05) is 24.0 Å². The molecule has 1 aromatic carbocycles. The van der Waals surface area contributed by atoms with Crippen LogP contribution >= 0.6 is 11.6 Å². The van der Waals surface area contributed by atoms with Crippen LogP contribution in [-0.4, -0.2) is 75.9 Å². The fourth-order valence-electron chi connectivity index (χ4n) is 3.88. The van der Waals surface area contributed by atoms with E-state index in [4.69, 9.17) is 16.3 Å². The van der Waals surface area contributed by atoms with Crippen molar-refractivity contribution in [2.45, 2.75) is 32.6 Å². The molecule has 2 unspecified atom stereocenters. The molecule has 3 amide bonds. The lowest BCUT2D eigenvalue weighted by Crippen LogP contribution is -2.63. The number of rotatable bonds is 5. The van der Waals surface area contributed by atoms with E-state index in [1.54, 1.807) is 48.2 Å². The van der Waals surface area contributed by atoms with Gasteiger partial charge < -0.3 is 19.4 Å². The third-order valence-electron chi connectivity index (χ3n) is 5.38. The number of imide groups is 1. The molecule has 158 valence electrons. The molecule has 1 fully saturated rings. The monoisotopic (exact) mass is 431 g/mol. The molecule has 30 heavy (non-hydrogen) atoms. The predicted molar refractivity (Wildman–Crippen MR) is 109 cm³/mol. The normalized spacial score (nSPS) is 22.8. The van der Waals surface area contributed by atoms with E-state index < -0.39 is 18.2 Å². The highest BCUT2D eigenvalue weighted by Crippen LogP contribution is 2.34. The number of allylic oxidation sites excluding steroid dienone is 1. The average Bonchev–Trinajstić information content (AvgIpc) is 3.21. The number of carbonyl (C=O) groups excluding carboxylic acids is 3. The minimum Gasteiger partial charge on any atom is -0.465 e. The van der Waals surface area contributed by atoms with Gasteiger partial charge in [-0.1, -0.05) is 29.8 Å². The fourth-order valence-corrected chi connectivity index (χ4v) is 4.07. The molecule has 10 heteroatoms. The summed E-state index contributed by atoms with van der Waals surface area (Å²) >= 11 is 6.23. The topological polar surface area (TPSA) is 85.8 Å². The SMILES string of the molecule is CCOC(=O)CN1C(C)=CN2C1=NC1C2C(=O)N(Cc2ccccc2Cl)C(=O)N1C. The first-order valence-electron chi connectivity index (χ1n) is 9.62. The Bertz CT molecular complexity index is 978. The number of guanidine groups is 1. The standard InChI is InChI=1S/C20H22ClN5O4/c1-4-30-15(27)11-24-12(2)9-25-16-17(22-19(24)25)23(3)20(29)26(18(16)28)10-13-7-5-6-8-14(13)21/h5-9,16-17H,4,10-11H2,1-3H3. The molecule has 1 aromatic rings. The number of hydrogen-bond acceptors (Lipinski definition) is 7. The van der Waals surface area contributed by atoms with Gasteiger partial charge in [-0.25, -0.2) is 9.79 Å². The summed E-state index contributed by atoms with van der Waals surface area (Å²) in [4.78, 5) is 48.9. The second-order valence-electron chi connectivity index (χ2n) is 7.27. The lowest BCUT2D eigenvalue weighted by Gasteiger charge is -2.40. The summed E-state index contributed by atoms with van der Waals surface area (Å²) < 4.78 is 5.04. The Morgan fingerprint density at radius 1 is 1.23 bits per heavy atom. The van der Waals surface area contributed by atoms with Gasteiger partial charge >= 0.3 is 12.0 Å². The highest BCUT2D eigenvalue weighted by molar-refractivity contribution is 6.31. The van der Waals surface area contributed by atoms with Crippen LogP contribution in [0.4, 0.5) is 4.79 Å². The van der Waals surface area contributed by atoms with Crippen molar-refractivity contribution in [2.75, 3.05) is 20.2 Å². The van der Waals surface area contributed by atoms with Crippen LogP contribution in [-0.2, 0) is 20.9 Å². The third-order valence-corrected chi connectivity index (χ3v) is 5.75. The highest BCUT2D eigenvalue weighted by atomic mass is 35.5. The van der Waals surface area contributed by atoms with Crippen molar-refractivity contribution in [1.29, 1.82) is 0 Å². The number of amides is 3. The van der Waals surface area contributed by atoms with Crippen molar-refractivity contribution in [1.82, 2.24) is 19.6 Å². The van der Waals surface area contributed by atoms with Gasteiger partial charge in [-0.2, -0.15) is 0 Å². The van der Waals surface area contributed by atoms with Crippen molar-refractivity contribution in [3.63, 3.8) is 0 Å². The van der Waals surface area contributed by atoms with Crippen LogP contribution in [0, 0.1) is 0 Å². The number of carbonyl (C=O) groups is 3. The highest BCUT2D eigenvalue weighted by Gasteiger charge is 2.54. The second kappa shape index (κ2) is 7.64. The molecule has 0 aliphatic carbocycles. The van der Waals surface area contributed by atoms with Gasteiger partial charge in [-0.3, -0.25) is 14.5 Å². The van der Waals surface area contributed by atoms with Gasteiger partial charge in [-0.15, -0.1) is 0 Å². The molecule has 0 N–H and O–H groups in total. The quantitative estimate of drug-likeness (QED) is 0.661. The summed E-state index contributed by atoms with van der Waals surface area (Å²) in [5.74, 6) is -0.285. The molecule has 0 spiro atoms. The van der Waals surface area contributed by atoms with E-state index in [9.17, 15) is 14.4 Å². The number of aliphatic imine (C=N–C) groups is 1. The minimum absolute atomic E-state index is 0.0138. The van der Waals surface area contributed by atoms with Crippen molar-refractivity contribution >= 4 is 35.5 Å². The van der Waals surface area contributed by atoms with E-state index in [1.807, 2.05) is 13.0 Å². The Balaban J connectivity index is 1.61. The number of halogens is 1. The van der Waals surface area contributed by atoms with Gasteiger partial charge in [-0.05, 0) is 25.5 Å². The summed E-state index contributed by atoms with van der Waals surface area (Å²) in [6.45, 7) is 3.91. The number of esters is 1. The molecule has 3 aliphatic heterocycles. The van der Waals surface area contributed by atoms with Crippen molar-refractivity contribution < 1.29 is 19.1 Å². The first-order valence-corrected chi connectivity index (χ1v) is 10.0. The van der Waals surface area contributed by atoms with E-state index in [0.29, 0.717) is 16.5 Å². The number of fused-ring (bicyclic) bond motifs is 3. The van der Waals surface area contributed by atoms with E-state index in [2.05, 4.69) is 4.99 Å². The first-order chi connectivity index (χ1) is 14.3. The number of nitrogens with zero attached hydrogens (tertiary/aromatic N) is 5. The van der Waals surface area contributed by atoms with Crippen LogP contribution in [0.3, 0.4) is 0 Å². The molecule has 0 bridgehead atoms. The van der Waals surface area contributed by atoms with E-state index in [0.717, 1.165) is 5.70 Å². The number of benzene rings is 1. The Kier molecular flexibility index (Phi) is 5.15. The zero-order chi connectivity index (χ0) is 21.6. The molecule has 1 saturated heterocycles. The summed E-state index contributed by atoms with van der Waals surface area (Å²) in [6.07, 6.45) is 1.11. The Hall–Kier alpha value is -3.07. The molecule has 0 saturated carbocycles. The fraction of sp³-hybridized carbons (Fsp3) is 0.400. The lowest BCUT2D eigenvalue weighted by atomic mass is 10.1. The first kappa shape index (κ1) is 20.2. The summed E-state index contributed by atoms with van der Waals surface area (Å²) in [7, 11) is 1.62. The molecule has 3 heterocycles. The molecular weight excluding hydrogens is 410 g/mol. The van der Waals surface area contributed by atoms with Crippen LogP contribution in [0.2, 0.25) is 5.02 Å². The van der Waals surface area contributed by atoms with E-state index >= 15 is 0 Å². The number of hydrogen-bond donors (Lipinski definition) is 0. The zero-order valence-corrected chi connectivity index (χ0v) is 17.7. The zero-order valence-electron chi connectivity index (χ0n) is 16.9. The third kappa shape index (κ3) is 3.19. The molecule has 4 rings (SSSR count). The molecule has 9 nitrogen and oxygen atoms in total. The van der Waals surface area contributed by atoms with Crippen molar-refractivity contribution in [2.24, 2.45) is 4.99 Å². The van der Waals surface area contributed by atoms with E-state index in [1.165, 1.54) is 9.80 Å². The second-order valence-corrected chi connectivity index (χ2v) is 7.67. The van der Waals surface area contributed by atoms with Gasteiger partial charge in [0.25, 0.3) is 5.91 Å². The molecule has 0 aromatic heterocycles. The molecule has 2 atom stereocenters. The summed E-state index contributed by atoms with van der Waals surface area (Å²) in [6, 6.07) is 5.96. The van der Waals surface area contributed by atoms with Crippen LogP contribution in [0.25, 0.3) is 0 Å².